The van der Waals surface area contributed by atoms with E-state index < -0.39 is 35.3 Å². The van der Waals surface area contributed by atoms with E-state index >= 15 is 0 Å². The van der Waals surface area contributed by atoms with Gasteiger partial charge in [0.15, 0.2) is 0 Å². The quantitative estimate of drug-likeness (QED) is 0.367. The minimum Gasteiger partial charge on any atom is -0.313 e. The number of fused-ring (bicyclic) bond motifs is 1. The minimum atomic E-state index is -4.62. The van der Waals surface area contributed by atoms with Gasteiger partial charge in [0.2, 0.25) is 5.91 Å². The molecule has 0 saturated heterocycles. The van der Waals surface area contributed by atoms with E-state index in [1.807, 2.05) is 0 Å². The SMILES string of the molecule is Cc1cc(C(F)(F)F)cc(N2c3ccncc3C[C@@H]2C(=O)N(C)c2cc(Cl)c(F)cc2F)n1. The number of hydrogen-bond donors (Lipinski definition) is 0. The fourth-order valence-electron chi connectivity index (χ4n) is 3.81. The maximum Gasteiger partial charge on any atom is 0.416 e. The fourth-order valence-corrected chi connectivity index (χ4v) is 3.97. The van der Waals surface area contributed by atoms with Crippen molar-refractivity contribution in [3.05, 3.63) is 76.2 Å². The maximum atomic E-state index is 14.4. The van der Waals surface area contributed by atoms with Crippen molar-refractivity contribution >= 4 is 34.7 Å². The molecule has 2 aromatic heterocycles. The van der Waals surface area contributed by atoms with Crippen molar-refractivity contribution in [3.8, 4) is 0 Å². The van der Waals surface area contributed by atoms with Crippen molar-refractivity contribution in [2.75, 3.05) is 16.8 Å². The first kappa shape index (κ1) is 22.9. The molecule has 1 atom stereocenters. The molecule has 0 unspecified atom stereocenters. The fraction of sp³-hybridized carbons (Fsp3) is 0.227. The van der Waals surface area contributed by atoms with Crippen LogP contribution >= 0.6 is 11.6 Å². The van der Waals surface area contributed by atoms with E-state index in [-0.39, 0.29) is 28.6 Å². The molecule has 172 valence electrons. The van der Waals surface area contributed by atoms with Gasteiger partial charge in [-0.05, 0) is 36.8 Å². The third-order valence-corrected chi connectivity index (χ3v) is 5.63. The van der Waals surface area contributed by atoms with E-state index in [9.17, 15) is 26.7 Å². The summed E-state index contributed by atoms with van der Waals surface area (Å²) in [5.41, 5.74) is -0.00501. The molecule has 11 heteroatoms. The topological polar surface area (TPSA) is 49.3 Å². The average molecular weight is 483 g/mol. The molecule has 0 N–H and O–H groups in total. The Labute approximate surface area is 190 Å². The summed E-state index contributed by atoms with van der Waals surface area (Å²) in [5.74, 6) is -2.73. The van der Waals surface area contributed by atoms with Gasteiger partial charge in [-0.1, -0.05) is 11.6 Å². The Kier molecular flexibility index (Phi) is 5.73. The molecule has 3 heterocycles. The molecule has 0 spiro atoms. The zero-order valence-electron chi connectivity index (χ0n) is 17.3. The van der Waals surface area contributed by atoms with Gasteiger partial charge in [0.25, 0.3) is 0 Å². The summed E-state index contributed by atoms with van der Waals surface area (Å²) < 4.78 is 68.3. The molecule has 1 aliphatic heterocycles. The van der Waals surface area contributed by atoms with Crippen molar-refractivity contribution in [3.63, 3.8) is 0 Å². The van der Waals surface area contributed by atoms with Crippen molar-refractivity contribution in [1.29, 1.82) is 0 Å². The standard InChI is InChI=1S/C22H16ClF5N4O/c1-11-5-13(22(26,27)28)7-20(30-11)32-17-3-4-29-10-12(17)6-19(32)21(33)31(2)18-8-14(23)15(24)9-16(18)25/h3-5,7-10,19H,6H2,1-2H3/t19-/m1/s1. The predicted octanol–water partition coefficient (Wildman–Crippen LogP) is 5.46. The largest absolute Gasteiger partial charge is 0.416 e. The van der Waals surface area contributed by atoms with E-state index in [0.29, 0.717) is 17.3 Å². The first-order valence-corrected chi connectivity index (χ1v) is 10.0. The lowest BCUT2D eigenvalue weighted by atomic mass is 10.1. The summed E-state index contributed by atoms with van der Waals surface area (Å²) in [5, 5.41) is -0.378. The summed E-state index contributed by atoms with van der Waals surface area (Å²) in [7, 11) is 1.28. The molecule has 0 bridgehead atoms. The van der Waals surface area contributed by atoms with Gasteiger partial charge in [0.05, 0.1) is 16.3 Å². The van der Waals surface area contributed by atoms with Crippen molar-refractivity contribution in [2.24, 2.45) is 0 Å². The summed E-state index contributed by atoms with van der Waals surface area (Å²) in [4.78, 5) is 24.0. The van der Waals surface area contributed by atoms with Gasteiger partial charge >= 0.3 is 6.18 Å². The Balaban J connectivity index is 1.80. The number of anilines is 3. The van der Waals surface area contributed by atoms with Crippen LogP contribution in [0.5, 0.6) is 0 Å². The molecule has 0 saturated carbocycles. The van der Waals surface area contributed by atoms with Crippen LogP contribution in [0, 0.1) is 18.6 Å². The van der Waals surface area contributed by atoms with Gasteiger partial charge in [-0.3, -0.25) is 9.78 Å². The van der Waals surface area contributed by atoms with E-state index in [2.05, 4.69) is 9.97 Å². The van der Waals surface area contributed by atoms with Crippen LogP contribution in [0.25, 0.3) is 0 Å². The molecule has 1 aliphatic rings. The van der Waals surface area contributed by atoms with E-state index in [0.717, 1.165) is 23.1 Å². The molecular formula is C22H16ClF5N4O. The lowest BCUT2D eigenvalue weighted by Gasteiger charge is -2.30. The highest BCUT2D eigenvalue weighted by atomic mass is 35.5. The van der Waals surface area contributed by atoms with Crippen LogP contribution in [0.4, 0.5) is 39.1 Å². The smallest absolute Gasteiger partial charge is 0.313 e. The highest BCUT2D eigenvalue weighted by Gasteiger charge is 2.40. The normalized spacial score (nSPS) is 15.5. The first-order chi connectivity index (χ1) is 15.5. The second-order valence-electron chi connectivity index (χ2n) is 7.56. The van der Waals surface area contributed by atoms with E-state index in [4.69, 9.17) is 11.6 Å². The average Bonchev–Trinajstić information content (AvgIpc) is 3.14. The number of amides is 1. The molecule has 0 fully saturated rings. The second-order valence-corrected chi connectivity index (χ2v) is 7.97. The number of aryl methyl sites for hydroxylation is 1. The third-order valence-electron chi connectivity index (χ3n) is 5.34. The monoisotopic (exact) mass is 482 g/mol. The Hall–Kier alpha value is -3.27. The van der Waals surface area contributed by atoms with Crippen LogP contribution < -0.4 is 9.80 Å². The molecule has 1 aromatic carbocycles. The van der Waals surface area contributed by atoms with Gasteiger partial charge in [0.1, 0.15) is 23.5 Å². The first-order valence-electron chi connectivity index (χ1n) is 9.67. The number of pyridine rings is 2. The van der Waals surface area contributed by atoms with Crippen LogP contribution in [0.15, 0.2) is 42.7 Å². The number of rotatable bonds is 3. The summed E-state index contributed by atoms with van der Waals surface area (Å²) in [6, 6.07) is 3.82. The molecule has 0 radical (unpaired) electrons. The van der Waals surface area contributed by atoms with Crippen molar-refractivity contribution in [2.45, 2.75) is 25.6 Å². The van der Waals surface area contributed by atoms with E-state index in [1.165, 1.54) is 31.3 Å². The van der Waals surface area contributed by atoms with Crippen molar-refractivity contribution in [1.82, 2.24) is 9.97 Å². The summed E-state index contributed by atoms with van der Waals surface area (Å²) in [6.07, 6.45) is -1.57. The van der Waals surface area contributed by atoms with Crippen LogP contribution in [0.3, 0.4) is 0 Å². The number of nitrogens with zero attached hydrogens (tertiary/aromatic N) is 4. The van der Waals surface area contributed by atoms with Gasteiger partial charge in [-0.15, -0.1) is 0 Å². The number of hydrogen-bond acceptors (Lipinski definition) is 4. The number of likely N-dealkylation sites (N-methyl/N-ethyl adjacent to an activating group) is 1. The molecule has 1 amide bonds. The molecule has 4 rings (SSSR count). The molecule has 0 aliphatic carbocycles. The number of halogens is 6. The zero-order valence-corrected chi connectivity index (χ0v) is 18.0. The number of alkyl halides is 3. The Morgan fingerprint density at radius 2 is 1.91 bits per heavy atom. The van der Waals surface area contributed by atoms with Crippen LogP contribution in [-0.4, -0.2) is 29.0 Å². The zero-order chi connectivity index (χ0) is 24.1. The highest BCUT2D eigenvalue weighted by Crippen LogP contribution is 2.40. The molecule has 3 aromatic rings. The summed E-state index contributed by atoms with van der Waals surface area (Å²) >= 11 is 5.75. The number of benzene rings is 1. The Morgan fingerprint density at radius 1 is 1.18 bits per heavy atom. The Bertz CT molecular complexity index is 1250. The van der Waals surface area contributed by atoms with Gasteiger partial charge in [-0.2, -0.15) is 13.2 Å². The van der Waals surface area contributed by atoms with Crippen molar-refractivity contribution < 1.29 is 26.7 Å². The lowest BCUT2D eigenvalue weighted by molar-refractivity contribution is -0.137. The molecule has 5 nitrogen and oxygen atoms in total. The van der Waals surface area contributed by atoms with E-state index in [1.54, 1.807) is 6.07 Å². The molecular weight excluding hydrogens is 467 g/mol. The van der Waals surface area contributed by atoms with Crippen LogP contribution in [0.1, 0.15) is 16.8 Å². The second kappa shape index (κ2) is 8.26. The predicted molar refractivity (Wildman–Crippen MR) is 113 cm³/mol. The number of carbonyl (C=O) groups excluding carboxylic acids is 1. The number of carbonyl (C=O) groups is 1. The molecule has 33 heavy (non-hydrogen) atoms. The number of aromatic nitrogens is 2. The summed E-state index contributed by atoms with van der Waals surface area (Å²) in [6.45, 7) is 1.42. The minimum absolute atomic E-state index is 0.0864. The maximum absolute atomic E-state index is 14.4. The highest BCUT2D eigenvalue weighted by molar-refractivity contribution is 6.31. The third kappa shape index (κ3) is 4.22. The van der Waals surface area contributed by atoms with Gasteiger partial charge in [-0.25, -0.2) is 13.8 Å². The lowest BCUT2D eigenvalue weighted by Crippen LogP contribution is -2.45. The van der Waals surface area contributed by atoms with Crippen LogP contribution in [0.2, 0.25) is 5.02 Å². The van der Waals surface area contributed by atoms with Crippen LogP contribution in [-0.2, 0) is 17.4 Å². The van der Waals surface area contributed by atoms with Gasteiger partial charge < -0.3 is 9.80 Å². The van der Waals surface area contributed by atoms with Gasteiger partial charge in [0, 0.05) is 43.3 Å². The Morgan fingerprint density at radius 3 is 2.61 bits per heavy atom.